The van der Waals surface area contributed by atoms with Crippen molar-refractivity contribution >= 4 is 5.91 Å². The second-order valence-electron chi connectivity index (χ2n) is 7.44. The molecule has 0 saturated heterocycles. The monoisotopic (exact) mass is 387 g/mol. The van der Waals surface area contributed by atoms with Crippen LogP contribution in [0.2, 0.25) is 0 Å². The normalized spacial score (nSPS) is 14.2. The van der Waals surface area contributed by atoms with Crippen molar-refractivity contribution < 1.29 is 9.90 Å². The van der Waals surface area contributed by atoms with E-state index in [9.17, 15) is 9.90 Å². The second kappa shape index (κ2) is 7.40. The number of pyridine rings is 1. The minimum absolute atomic E-state index is 0.0511. The van der Waals surface area contributed by atoms with Crippen molar-refractivity contribution in [3.63, 3.8) is 0 Å². The van der Waals surface area contributed by atoms with Gasteiger partial charge < -0.3 is 10.4 Å². The fourth-order valence-corrected chi connectivity index (χ4v) is 3.38. The van der Waals surface area contributed by atoms with Gasteiger partial charge in [-0.05, 0) is 68.0 Å². The van der Waals surface area contributed by atoms with Crippen LogP contribution in [0.15, 0.2) is 42.7 Å². The maximum absolute atomic E-state index is 12.3. The highest BCUT2D eigenvalue weighted by atomic mass is 16.3. The number of aryl methyl sites for hydroxylation is 1. The van der Waals surface area contributed by atoms with Gasteiger partial charge in [-0.3, -0.25) is 4.79 Å². The predicted molar refractivity (Wildman–Crippen MR) is 108 cm³/mol. The van der Waals surface area contributed by atoms with Gasteiger partial charge in [-0.15, -0.1) is 0 Å². The average Bonchev–Trinajstić information content (AvgIpc) is 3.51. The average molecular weight is 387 g/mol. The Kier molecular flexibility index (Phi) is 4.77. The van der Waals surface area contributed by atoms with Crippen LogP contribution < -0.4 is 5.32 Å². The van der Waals surface area contributed by atoms with Crippen LogP contribution in [-0.2, 0) is 0 Å². The molecule has 0 unspecified atom stereocenters. The zero-order valence-corrected chi connectivity index (χ0v) is 16.3. The van der Waals surface area contributed by atoms with Crippen molar-refractivity contribution in [3.8, 4) is 28.9 Å². The number of nitrogens with one attached hydrogen (secondary N) is 1. The first-order valence-corrected chi connectivity index (χ1v) is 9.53. The molecule has 0 aliphatic heterocycles. The summed E-state index contributed by atoms with van der Waals surface area (Å²) in [6, 6.07) is 10.8. The fourth-order valence-electron chi connectivity index (χ4n) is 3.38. The van der Waals surface area contributed by atoms with Gasteiger partial charge in [-0.25, -0.2) is 4.98 Å². The van der Waals surface area contributed by atoms with E-state index in [1.54, 1.807) is 36.5 Å². The number of amides is 1. The Morgan fingerprint density at radius 3 is 2.69 bits per heavy atom. The topological polar surface area (TPSA) is 104 Å². The van der Waals surface area contributed by atoms with E-state index in [0.717, 1.165) is 24.0 Å². The SMILES string of the molecule is Cc1cc(C#N)ccc1-c1cnn(-c2ccc(C(=O)N[C@@H](C)C3CC3)cn2)c1O. The first-order valence-electron chi connectivity index (χ1n) is 9.53. The van der Waals surface area contributed by atoms with Crippen LogP contribution in [-0.4, -0.2) is 31.8 Å². The second-order valence-corrected chi connectivity index (χ2v) is 7.44. The van der Waals surface area contributed by atoms with Gasteiger partial charge >= 0.3 is 0 Å². The largest absolute Gasteiger partial charge is 0.493 e. The van der Waals surface area contributed by atoms with Gasteiger partial charge in [-0.2, -0.15) is 15.0 Å². The Morgan fingerprint density at radius 1 is 1.28 bits per heavy atom. The third kappa shape index (κ3) is 3.69. The third-order valence-corrected chi connectivity index (χ3v) is 5.30. The lowest BCUT2D eigenvalue weighted by Crippen LogP contribution is -2.34. The molecule has 1 amide bonds. The molecule has 0 bridgehead atoms. The summed E-state index contributed by atoms with van der Waals surface area (Å²) in [5, 5.41) is 26.9. The summed E-state index contributed by atoms with van der Waals surface area (Å²) in [4.78, 5) is 16.6. The number of benzene rings is 1. The molecule has 1 fully saturated rings. The molecular weight excluding hydrogens is 366 g/mol. The molecular formula is C22H21N5O2. The fraction of sp³-hybridized carbons (Fsp3) is 0.273. The Hall–Kier alpha value is -3.66. The van der Waals surface area contributed by atoms with Gasteiger partial charge in [0.2, 0.25) is 5.88 Å². The van der Waals surface area contributed by atoms with E-state index in [-0.39, 0.29) is 17.8 Å². The van der Waals surface area contributed by atoms with E-state index in [1.807, 2.05) is 13.8 Å². The van der Waals surface area contributed by atoms with Crippen molar-refractivity contribution in [2.24, 2.45) is 5.92 Å². The van der Waals surface area contributed by atoms with Crippen LogP contribution in [0, 0.1) is 24.2 Å². The van der Waals surface area contributed by atoms with E-state index in [0.29, 0.717) is 28.4 Å². The molecule has 7 heteroatoms. The van der Waals surface area contributed by atoms with Crippen molar-refractivity contribution in [2.45, 2.75) is 32.7 Å². The van der Waals surface area contributed by atoms with Crippen LogP contribution in [0.3, 0.4) is 0 Å². The van der Waals surface area contributed by atoms with Crippen LogP contribution in [0.5, 0.6) is 5.88 Å². The molecule has 1 aromatic carbocycles. The molecule has 4 rings (SSSR count). The number of carbonyl (C=O) groups excluding carboxylic acids is 1. The van der Waals surface area contributed by atoms with Crippen LogP contribution >= 0.6 is 0 Å². The Bertz CT molecular complexity index is 1110. The highest BCUT2D eigenvalue weighted by molar-refractivity contribution is 5.94. The summed E-state index contributed by atoms with van der Waals surface area (Å²) in [6.07, 6.45) is 5.37. The number of nitriles is 1. The molecule has 1 aliphatic carbocycles. The summed E-state index contributed by atoms with van der Waals surface area (Å²) < 4.78 is 1.32. The number of aromatic nitrogens is 3. The molecule has 2 heterocycles. The summed E-state index contributed by atoms with van der Waals surface area (Å²) in [7, 11) is 0. The first kappa shape index (κ1) is 18.7. The van der Waals surface area contributed by atoms with Gasteiger partial charge in [0.05, 0.1) is 29.0 Å². The molecule has 0 spiro atoms. The molecule has 2 N–H and O–H groups in total. The summed E-state index contributed by atoms with van der Waals surface area (Å²) in [6.45, 7) is 3.90. The highest BCUT2D eigenvalue weighted by Gasteiger charge is 2.29. The Morgan fingerprint density at radius 2 is 2.07 bits per heavy atom. The Balaban J connectivity index is 1.56. The summed E-state index contributed by atoms with van der Waals surface area (Å²) in [5.74, 6) is 0.787. The van der Waals surface area contributed by atoms with Crippen molar-refractivity contribution in [1.82, 2.24) is 20.1 Å². The van der Waals surface area contributed by atoms with Gasteiger partial charge in [0.15, 0.2) is 5.82 Å². The lowest BCUT2D eigenvalue weighted by atomic mass is 10.0. The molecule has 7 nitrogen and oxygen atoms in total. The minimum Gasteiger partial charge on any atom is -0.493 e. The number of carbonyl (C=O) groups is 1. The van der Waals surface area contributed by atoms with Crippen LogP contribution in [0.1, 0.15) is 41.3 Å². The third-order valence-electron chi connectivity index (χ3n) is 5.30. The number of hydrogen-bond acceptors (Lipinski definition) is 5. The minimum atomic E-state index is -0.151. The lowest BCUT2D eigenvalue weighted by molar-refractivity contribution is 0.0935. The standard InChI is InChI=1S/C22H21N5O2/c1-13-9-15(10-23)3-7-18(13)19-12-25-27(22(19)29)20-8-6-17(11-24-20)21(28)26-14(2)16-4-5-16/h3,6-9,11-12,14,16,29H,4-5H2,1-2H3,(H,26,28)/t14-/m0/s1. The maximum Gasteiger partial charge on any atom is 0.253 e. The molecule has 146 valence electrons. The summed E-state index contributed by atoms with van der Waals surface area (Å²) >= 11 is 0. The van der Waals surface area contributed by atoms with Gasteiger partial charge in [-0.1, -0.05) is 6.07 Å². The van der Waals surface area contributed by atoms with E-state index < -0.39 is 0 Å². The lowest BCUT2D eigenvalue weighted by Gasteiger charge is -2.12. The van der Waals surface area contributed by atoms with E-state index in [2.05, 4.69) is 21.5 Å². The van der Waals surface area contributed by atoms with Gasteiger partial charge in [0.1, 0.15) is 0 Å². The number of hydrogen-bond donors (Lipinski definition) is 2. The molecule has 1 aliphatic rings. The smallest absolute Gasteiger partial charge is 0.253 e. The molecule has 1 atom stereocenters. The quantitative estimate of drug-likeness (QED) is 0.699. The predicted octanol–water partition coefficient (Wildman–Crippen LogP) is 3.35. The first-order chi connectivity index (χ1) is 14.0. The van der Waals surface area contributed by atoms with Crippen LogP contribution in [0.25, 0.3) is 16.9 Å². The summed E-state index contributed by atoms with van der Waals surface area (Å²) in [5.41, 5.74) is 3.23. The highest BCUT2D eigenvalue weighted by Crippen LogP contribution is 2.33. The van der Waals surface area contributed by atoms with E-state index >= 15 is 0 Å². The number of nitrogens with zero attached hydrogens (tertiary/aromatic N) is 4. The van der Waals surface area contributed by atoms with E-state index in [1.165, 1.54) is 10.9 Å². The molecule has 0 radical (unpaired) electrons. The Labute approximate surface area is 168 Å². The van der Waals surface area contributed by atoms with Crippen molar-refractivity contribution in [3.05, 3.63) is 59.4 Å². The molecule has 2 aromatic heterocycles. The van der Waals surface area contributed by atoms with Gasteiger partial charge in [0.25, 0.3) is 5.91 Å². The molecule has 29 heavy (non-hydrogen) atoms. The zero-order valence-electron chi connectivity index (χ0n) is 16.3. The maximum atomic E-state index is 12.3. The van der Waals surface area contributed by atoms with Crippen LogP contribution in [0.4, 0.5) is 0 Å². The van der Waals surface area contributed by atoms with Crippen molar-refractivity contribution in [1.29, 1.82) is 5.26 Å². The molecule has 1 saturated carbocycles. The van der Waals surface area contributed by atoms with Gasteiger partial charge in [0, 0.05) is 12.2 Å². The van der Waals surface area contributed by atoms with Crippen molar-refractivity contribution in [2.75, 3.05) is 0 Å². The van der Waals surface area contributed by atoms with E-state index in [4.69, 9.17) is 5.26 Å². The number of aromatic hydroxyl groups is 1. The zero-order chi connectivity index (χ0) is 20.5. The molecule has 3 aromatic rings. The number of rotatable bonds is 5.